The van der Waals surface area contributed by atoms with Crippen LogP contribution in [0.2, 0.25) is 0 Å². The molecule has 1 N–H and O–H groups in total. The van der Waals surface area contributed by atoms with Gasteiger partial charge in [0.2, 0.25) is 0 Å². The summed E-state index contributed by atoms with van der Waals surface area (Å²) in [7, 11) is 0. The zero-order valence-electron chi connectivity index (χ0n) is 16.3. The van der Waals surface area contributed by atoms with E-state index < -0.39 is 0 Å². The predicted octanol–water partition coefficient (Wildman–Crippen LogP) is 2.56. The minimum Gasteiger partial charge on any atom is -0.348 e. The minimum atomic E-state index is -0.150. The molecule has 0 unspecified atom stereocenters. The molecule has 1 aliphatic carbocycles. The molecule has 1 aromatic carbocycles. The smallest absolute Gasteiger partial charge is 0.273 e. The normalized spacial score (nSPS) is 19.5. The van der Waals surface area contributed by atoms with E-state index in [1.54, 1.807) is 10.9 Å². The average molecular weight is 381 g/mol. The van der Waals surface area contributed by atoms with Crippen LogP contribution in [0.4, 0.5) is 0 Å². The summed E-state index contributed by atoms with van der Waals surface area (Å²) < 4.78 is 1.71. The molecule has 7 nitrogen and oxygen atoms in total. The van der Waals surface area contributed by atoms with E-state index in [-0.39, 0.29) is 17.9 Å². The molecule has 0 spiro atoms. The molecule has 2 aliphatic rings. The third kappa shape index (κ3) is 4.40. The molecule has 0 radical (unpaired) electrons. The summed E-state index contributed by atoms with van der Waals surface area (Å²) in [5.74, 6) is -0.0459. The highest BCUT2D eigenvalue weighted by Crippen LogP contribution is 2.23. The standard InChI is InChI=1S/C21H27N5O2/c1-15-5-7-16(8-6-15)21(28)26-12-3-2-4-18(26)11-13-25-14-19(23-24-25)20(27)22-17-9-10-17/h5-8,14,17-18H,2-4,9-13H2,1H3,(H,22,27)/t18-/m1/s1. The number of piperidine rings is 1. The maximum Gasteiger partial charge on any atom is 0.273 e. The monoisotopic (exact) mass is 381 g/mol. The number of carbonyl (C=O) groups is 2. The molecule has 28 heavy (non-hydrogen) atoms. The molecule has 2 amide bonds. The van der Waals surface area contributed by atoms with Crippen molar-refractivity contribution < 1.29 is 9.59 Å². The van der Waals surface area contributed by atoms with E-state index in [0.29, 0.717) is 18.3 Å². The quantitative estimate of drug-likeness (QED) is 0.834. The van der Waals surface area contributed by atoms with Gasteiger partial charge in [-0.05, 0) is 57.6 Å². The Morgan fingerprint density at radius 3 is 2.68 bits per heavy atom. The number of nitrogens with zero attached hydrogens (tertiary/aromatic N) is 4. The molecule has 1 aromatic heterocycles. The first kappa shape index (κ1) is 18.7. The summed E-state index contributed by atoms with van der Waals surface area (Å²) in [5, 5.41) is 11.0. The van der Waals surface area contributed by atoms with E-state index in [2.05, 4.69) is 15.6 Å². The van der Waals surface area contributed by atoms with Crippen LogP contribution in [0.15, 0.2) is 30.5 Å². The number of carbonyl (C=O) groups excluding carboxylic acids is 2. The lowest BCUT2D eigenvalue weighted by Gasteiger charge is -2.36. The van der Waals surface area contributed by atoms with Crippen molar-refractivity contribution in [3.05, 3.63) is 47.3 Å². The number of likely N-dealkylation sites (tertiary alicyclic amines) is 1. The molecule has 0 bridgehead atoms. The third-order valence-corrected chi connectivity index (χ3v) is 5.56. The van der Waals surface area contributed by atoms with Crippen LogP contribution < -0.4 is 5.32 Å². The first-order chi connectivity index (χ1) is 13.6. The molecule has 2 fully saturated rings. The molecule has 1 atom stereocenters. The van der Waals surface area contributed by atoms with Crippen molar-refractivity contribution in [2.45, 2.75) is 64.1 Å². The number of benzene rings is 1. The van der Waals surface area contributed by atoms with Crippen molar-refractivity contribution >= 4 is 11.8 Å². The maximum atomic E-state index is 13.0. The van der Waals surface area contributed by atoms with Crippen LogP contribution in [0.3, 0.4) is 0 Å². The van der Waals surface area contributed by atoms with Gasteiger partial charge in [0, 0.05) is 30.7 Å². The Morgan fingerprint density at radius 2 is 1.93 bits per heavy atom. The van der Waals surface area contributed by atoms with Gasteiger partial charge >= 0.3 is 0 Å². The van der Waals surface area contributed by atoms with Crippen LogP contribution in [-0.2, 0) is 6.54 Å². The van der Waals surface area contributed by atoms with Crippen LogP contribution in [0.5, 0.6) is 0 Å². The molecule has 1 saturated heterocycles. The molecule has 2 aromatic rings. The van der Waals surface area contributed by atoms with Crippen molar-refractivity contribution in [3.63, 3.8) is 0 Å². The molecular weight excluding hydrogens is 354 g/mol. The fourth-order valence-corrected chi connectivity index (χ4v) is 3.71. The second-order valence-electron chi connectivity index (χ2n) is 7.92. The lowest BCUT2D eigenvalue weighted by atomic mass is 9.98. The van der Waals surface area contributed by atoms with Gasteiger partial charge in [-0.3, -0.25) is 14.3 Å². The van der Waals surface area contributed by atoms with Gasteiger partial charge in [0.15, 0.2) is 5.69 Å². The van der Waals surface area contributed by atoms with Gasteiger partial charge in [0.05, 0.1) is 6.20 Å². The Labute approximate surface area is 165 Å². The van der Waals surface area contributed by atoms with Gasteiger partial charge in [-0.2, -0.15) is 0 Å². The highest BCUT2D eigenvalue weighted by Gasteiger charge is 2.28. The first-order valence-electron chi connectivity index (χ1n) is 10.2. The topological polar surface area (TPSA) is 80.1 Å². The second kappa shape index (κ2) is 8.12. The van der Waals surface area contributed by atoms with E-state index in [1.807, 2.05) is 36.1 Å². The van der Waals surface area contributed by atoms with E-state index in [0.717, 1.165) is 56.2 Å². The fourth-order valence-electron chi connectivity index (χ4n) is 3.71. The zero-order valence-corrected chi connectivity index (χ0v) is 16.3. The van der Waals surface area contributed by atoms with E-state index in [4.69, 9.17) is 0 Å². The average Bonchev–Trinajstić information content (AvgIpc) is 3.39. The van der Waals surface area contributed by atoms with Gasteiger partial charge in [-0.1, -0.05) is 22.9 Å². The van der Waals surface area contributed by atoms with E-state index in [9.17, 15) is 9.59 Å². The third-order valence-electron chi connectivity index (χ3n) is 5.56. The number of rotatable bonds is 6. The summed E-state index contributed by atoms with van der Waals surface area (Å²) in [6.45, 7) is 3.46. The summed E-state index contributed by atoms with van der Waals surface area (Å²) in [6, 6.07) is 8.28. The van der Waals surface area contributed by atoms with Crippen LogP contribution in [0.25, 0.3) is 0 Å². The second-order valence-corrected chi connectivity index (χ2v) is 7.92. The summed E-state index contributed by atoms with van der Waals surface area (Å²) in [5.41, 5.74) is 2.26. The Bertz CT molecular complexity index is 841. The van der Waals surface area contributed by atoms with Gasteiger partial charge < -0.3 is 10.2 Å². The zero-order chi connectivity index (χ0) is 19.5. The Morgan fingerprint density at radius 1 is 1.14 bits per heavy atom. The molecule has 1 saturated carbocycles. The van der Waals surface area contributed by atoms with Crippen molar-refractivity contribution in [2.75, 3.05) is 6.54 Å². The van der Waals surface area contributed by atoms with Crippen molar-refractivity contribution in [3.8, 4) is 0 Å². The summed E-state index contributed by atoms with van der Waals surface area (Å²) >= 11 is 0. The van der Waals surface area contributed by atoms with Crippen molar-refractivity contribution in [1.29, 1.82) is 0 Å². The van der Waals surface area contributed by atoms with Crippen LogP contribution in [0.1, 0.15) is 64.9 Å². The Hall–Kier alpha value is -2.70. The van der Waals surface area contributed by atoms with Gasteiger partial charge in [0.25, 0.3) is 11.8 Å². The first-order valence-corrected chi connectivity index (χ1v) is 10.2. The van der Waals surface area contributed by atoms with E-state index >= 15 is 0 Å². The predicted molar refractivity (Wildman–Crippen MR) is 105 cm³/mol. The fraction of sp³-hybridized carbons (Fsp3) is 0.524. The van der Waals surface area contributed by atoms with Gasteiger partial charge in [-0.15, -0.1) is 5.10 Å². The number of amides is 2. The van der Waals surface area contributed by atoms with Crippen molar-refractivity contribution in [2.24, 2.45) is 0 Å². The number of hydrogen-bond acceptors (Lipinski definition) is 4. The van der Waals surface area contributed by atoms with E-state index in [1.165, 1.54) is 0 Å². The molecular formula is C21H27N5O2. The molecule has 2 heterocycles. The molecule has 148 valence electrons. The maximum absolute atomic E-state index is 13.0. The highest BCUT2D eigenvalue weighted by atomic mass is 16.2. The van der Waals surface area contributed by atoms with Gasteiger partial charge in [-0.25, -0.2) is 0 Å². The lowest BCUT2D eigenvalue weighted by molar-refractivity contribution is 0.0593. The summed E-state index contributed by atoms with van der Waals surface area (Å²) in [4.78, 5) is 27.0. The minimum absolute atomic E-state index is 0.104. The Balaban J connectivity index is 1.37. The highest BCUT2D eigenvalue weighted by molar-refractivity contribution is 5.94. The number of aryl methyl sites for hydroxylation is 2. The number of aromatic nitrogens is 3. The van der Waals surface area contributed by atoms with Crippen LogP contribution in [0, 0.1) is 6.92 Å². The largest absolute Gasteiger partial charge is 0.348 e. The molecule has 1 aliphatic heterocycles. The number of nitrogens with one attached hydrogen (secondary N) is 1. The summed E-state index contributed by atoms with van der Waals surface area (Å²) in [6.07, 6.45) is 7.79. The van der Waals surface area contributed by atoms with Crippen molar-refractivity contribution in [1.82, 2.24) is 25.2 Å². The lowest BCUT2D eigenvalue weighted by Crippen LogP contribution is -2.44. The molecule has 4 rings (SSSR count). The SMILES string of the molecule is Cc1ccc(C(=O)N2CCCC[C@@H]2CCn2cc(C(=O)NC3CC3)nn2)cc1. The van der Waals surface area contributed by atoms with Crippen LogP contribution in [-0.4, -0.2) is 50.3 Å². The van der Waals surface area contributed by atoms with Crippen LogP contribution >= 0.6 is 0 Å². The number of hydrogen-bond donors (Lipinski definition) is 1. The molecule has 7 heteroatoms. The van der Waals surface area contributed by atoms with Gasteiger partial charge in [0.1, 0.15) is 0 Å². The Kier molecular flexibility index (Phi) is 5.41.